The minimum atomic E-state index is -0.254. The van der Waals surface area contributed by atoms with Crippen LogP contribution in [0, 0.1) is 0 Å². The van der Waals surface area contributed by atoms with Gasteiger partial charge in [0.05, 0.1) is 6.10 Å². The van der Waals surface area contributed by atoms with Crippen LogP contribution < -0.4 is 4.74 Å². The predicted molar refractivity (Wildman–Crippen MR) is 70.1 cm³/mol. The Balaban J connectivity index is 2.02. The van der Waals surface area contributed by atoms with Gasteiger partial charge in [-0.25, -0.2) is 0 Å². The predicted octanol–water partition coefficient (Wildman–Crippen LogP) is 3.23. The summed E-state index contributed by atoms with van der Waals surface area (Å²) in [5.74, 6) is 0.886. The summed E-state index contributed by atoms with van der Waals surface area (Å²) < 4.78 is 11.1. The molecule has 0 spiro atoms. The van der Waals surface area contributed by atoms with E-state index >= 15 is 0 Å². The van der Waals surface area contributed by atoms with Gasteiger partial charge < -0.3 is 9.47 Å². The van der Waals surface area contributed by atoms with E-state index in [9.17, 15) is 4.79 Å². The number of Topliss-reactive ketones (excluding diaryl/α,β-unsaturated/α-hetero) is 1. The number of hydrogen-bond donors (Lipinski definition) is 0. The molecule has 18 heavy (non-hydrogen) atoms. The van der Waals surface area contributed by atoms with E-state index in [0.29, 0.717) is 12.2 Å². The van der Waals surface area contributed by atoms with Gasteiger partial charge in [-0.3, -0.25) is 4.79 Å². The summed E-state index contributed by atoms with van der Waals surface area (Å²) in [5.41, 5.74) is 0.706. The molecule has 0 N–H and O–H groups in total. The van der Waals surface area contributed by atoms with E-state index in [2.05, 4.69) is 0 Å². The lowest BCUT2D eigenvalue weighted by Gasteiger charge is -2.21. The van der Waals surface area contributed by atoms with Crippen LogP contribution in [0.5, 0.6) is 5.75 Å². The molecule has 98 valence electrons. The van der Waals surface area contributed by atoms with Crippen molar-refractivity contribution in [1.82, 2.24) is 0 Å². The van der Waals surface area contributed by atoms with Crippen molar-refractivity contribution in [3.05, 3.63) is 29.8 Å². The largest absolute Gasteiger partial charge is 0.491 e. The van der Waals surface area contributed by atoms with Gasteiger partial charge in [0.1, 0.15) is 11.9 Å². The number of ether oxygens (including phenoxy) is 2. The van der Waals surface area contributed by atoms with Crippen molar-refractivity contribution in [3.63, 3.8) is 0 Å². The number of rotatable bonds is 4. The fourth-order valence-electron chi connectivity index (χ4n) is 2.10. The Morgan fingerprint density at radius 3 is 2.56 bits per heavy atom. The van der Waals surface area contributed by atoms with Gasteiger partial charge in [0, 0.05) is 12.2 Å². The van der Waals surface area contributed by atoms with E-state index in [4.69, 9.17) is 9.47 Å². The molecule has 1 fully saturated rings. The van der Waals surface area contributed by atoms with Crippen molar-refractivity contribution in [1.29, 1.82) is 0 Å². The highest BCUT2D eigenvalue weighted by Crippen LogP contribution is 2.20. The minimum Gasteiger partial charge on any atom is -0.491 e. The van der Waals surface area contributed by atoms with Crippen molar-refractivity contribution in [2.45, 2.75) is 45.3 Å². The molecule has 0 aliphatic carbocycles. The summed E-state index contributed by atoms with van der Waals surface area (Å²) in [6.45, 7) is 4.66. The molecule has 1 aliphatic rings. The van der Waals surface area contributed by atoms with Crippen molar-refractivity contribution in [2.75, 3.05) is 6.61 Å². The molecule has 0 bridgehead atoms. The number of benzene rings is 1. The lowest BCUT2D eigenvalue weighted by atomic mass is 10.00. The van der Waals surface area contributed by atoms with Gasteiger partial charge in [-0.1, -0.05) is 0 Å². The highest BCUT2D eigenvalue weighted by atomic mass is 16.5. The Morgan fingerprint density at radius 2 is 2.00 bits per heavy atom. The molecule has 1 aromatic carbocycles. The maximum atomic E-state index is 12.2. The van der Waals surface area contributed by atoms with Gasteiger partial charge in [-0.15, -0.1) is 0 Å². The molecule has 1 aromatic rings. The number of carbonyl (C=O) groups excluding carboxylic acids is 1. The van der Waals surface area contributed by atoms with Crippen LogP contribution in [-0.2, 0) is 4.74 Å². The van der Waals surface area contributed by atoms with Crippen LogP contribution in [0.4, 0.5) is 0 Å². The maximum Gasteiger partial charge on any atom is 0.191 e. The van der Waals surface area contributed by atoms with Gasteiger partial charge in [0.15, 0.2) is 5.78 Å². The van der Waals surface area contributed by atoms with Crippen LogP contribution >= 0.6 is 0 Å². The first kappa shape index (κ1) is 13.1. The van der Waals surface area contributed by atoms with Crippen molar-refractivity contribution in [2.24, 2.45) is 0 Å². The van der Waals surface area contributed by atoms with Crippen LogP contribution in [-0.4, -0.2) is 24.6 Å². The molecule has 1 heterocycles. The Kier molecular flexibility index (Phi) is 4.37. The second-order valence-corrected chi connectivity index (χ2v) is 4.91. The Hall–Kier alpha value is -1.35. The number of ketones is 1. The highest BCUT2D eigenvalue weighted by molar-refractivity contribution is 5.99. The minimum absolute atomic E-state index is 0.0887. The summed E-state index contributed by atoms with van der Waals surface area (Å²) in [5, 5.41) is 0. The third-order valence-electron chi connectivity index (χ3n) is 2.98. The lowest BCUT2D eigenvalue weighted by molar-refractivity contribution is 0.0186. The van der Waals surface area contributed by atoms with Gasteiger partial charge in [-0.2, -0.15) is 0 Å². The fourth-order valence-corrected chi connectivity index (χ4v) is 2.10. The molecule has 0 aromatic heterocycles. The zero-order chi connectivity index (χ0) is 13.0. The average molecular weight is 248 g/mol. The molecule has 1 aliphatic heterocycles. The summed E-state index contributed by atoms with van der Waals surface area (Å²) in [7, 11) is 0. The first-order valence-electron chi connectivity index (χ1n) is 6.59. The Labute approximate surface area is 108 Å². The van der Waals surface area contributed by atoms with E-state index in [1.165, 1.54) is 0 Å². The normalized spacial score (nSPS) is 19.8. The van der Waals surface area contributed by atoms with Gasteiger partial charge in [0.2, 0.25) is 0 Å². The molecule has 1 atom stereocenters. The van der Waals surface area contributed by atoms with Crippen molar-refractivity contribution < 1.29 is 14.3 Å². The molecule has 3 heteroatoms. The SMILES string of the molecule is CC(C)Oc1ccc(C(=O)C2CCCCO2)cc1. The van der Waals surface area contributed by atoms with Gasteiger partial charge in [0.25, 0.3) is 0 Å². The third kappa shape index (κ3) is 3.33. The van der Waals surface area contributed by atoms with E-state index < -0.39 is 0 Å². The highest BCUT2D eigenvalue weighted by Gasteiger charge is 2.23. The quantitative estimate of drug-likeness (QED) is 0.767. The second kappa shape index (κ2) is 6.01. The molecule has 2 rings (SSSR count). The van der Waals surface area contributed by atoms with Gasteiger partial charge >= 0.3 is 0 Å². The van der Waals surface area contributed by atoms with Crippen LogP contribution in [0.15, 0.2) is 24.3 Å². The standard InChI is InChI=1S/C15H20O3/c1-11(2)18-13-8-6-12(7-9-13)15(16)14-5-3-4-10-17-14/h6-9,11,14H,3-5,10H2,1-2H3. The van der Waals surface area contributed by atoms with Crippen LogP contribution in [0.1, 0.15) is 43.5 Å². The summed E-state index contributed by atoms with van der Waals surface area (Å²) >= 11 is 0. The van der Waals surface area contributed by atoms with Crippen LogP contribution in [0.25, 0.3) is 0 Å². The Morgan fingerprint density at radius 1 is 1.28 bits per heavy atom. The Bertz CT molecular complexity index is 389. The van der Waals surface area contributed by atoms with E-state index in [1.807, 2.05) is 38.1 Å². The van der Waals surface area contributed by atoms with Crippen molar-refractivity contribution in [3.8, 4) is 5.75 Å². The molecule has 1 unspecified atom stereocenters. The van der Waals surface area contributed by atoms with E-state index in [0.717, 1.165) is 25.0 Å². The second-order valence-electron chi connectivity index (χ2n) is 4.91. The number of hydrogen-bond acceptors (Lipinski definition) is 3. The van der Waals surface area contributed by atoms with Gasteiger partial charge in [-0.05, 0) is 57.4 Å². The monoisotopic (exact) mass is 248 g/mol. The smallest absolute Gasteiger partial charge is 0.191 e. The first-order chi connectivity index (χ1) is 8.66. The zero-order valence-corrected chi connectivity index (χ0v) is 11.0. The van der Waals surface area contributed by atoms with Crippen LogP contribution in [0.3, 0.4) is 0 Å². The molecule has 1 saturated heterocycles. The molecule has 3 nitrogen and oxygen atoms in total. The molecule has 0 radical (unpaired) electrons. The van der Waals surface area contributed by atoms with Crippen molar-refractivity contribution >= 4 is 5.78 Å². The summed E-state index contributed by atoms with van der Waals surface area (Å²) in [6.07, 6.45) is 2.86. The number of carbonyl (C=O) groups is 1. The molecular formula is C15H20O3. The summed E-state index contributed by atoms with van der Waals surface area (Å²) in [6, 6.07) is 7.32. The third-order valence-corrected chi connectivity index (χ3v) is 2.98. The first-order valence-corrected chi connectivity index (χ1v) is 6.59. The topological polar surface area (TPSA) is 35.5 Å². The van der Waals surface area contributed by atoms with Crippen LogP contribution in [0.2, 0.25) is 0 Å². The zero-order valence-electron chi connectivity index (χ0n) is 11.0. The molecule has 0 amide bonds. The molecule has 0 saturated carbocycles. The molecular weight excluding hydrogens is 228 g/mol. The van der Waals surface area contributed by atoms with E-state index in [-0.39, 0.29) is 18.0 Å². The van der Waals surface area contributed by atoms with E-state index in [1.54, 1.807) is 0 Å². The fraction of sp³-hybridized carbons (Fsp3) is 0.533. The summed E-state index contributed by atoms with van der Waals surface area (Å²) in [4.78, 5) is 12.2. The average Bonchev–Trinajstić information content (AvgIpc) is 2.39. The maximum absolute atomic E-state index is 12.2. The lowest BCUT2D eigenvalue weighted by Crippen LogP contribution is -2.28.